The van der Waals surface area contributed by atoms with Crippen LogP contribution in [0.2, 0.25) is 0 Å². The highest BCUT2D eigenvalue weighted by atomic mass is 16.3. The summed E-state index contributed by atoms with van der Waals surface area (Å²) in [5.41, 5.74) is 2.58. The molecular formula is C33H51N5O3. The number of piperazine rings is 1. The molecule has 4 fully saturated rings. The van der Waals surface area contributed by atoms with Crippen LogP contribution in [0.15, 0.2) is 17.8 Å². The van der Waals surface area contributed by atoms with Gasteiger partial charge in [0.15, 0.2) is 5.69 Å². The molecule has 1 unspecified atom stereocenters. The quantitative estimate of drug-likeness (QED) is 0.516. The average Bonchev–Trinajstić information content (AvgIpc) is 3.54. The zero-order chi connectivity index (χ0) is 29.1. The summed E-state index contributed by atoms with van der Waals surface area (Å²) >= 11 is 0. The van der Waals surface area contributed by atoms with E-state index in [1.807, 2.05) is 4.90 Å². The van der Waals surface area contributed by atoms with E-state index in [-0.39, 0.29) is 24.0 Å². The monoisotopic (exact) mass is 565 g/mol. The van der Waals surface area contributed by atoms with E-state index in [9.17, 15) is 14.7 Å². The molecule has 3 saturated carbocycles. The van der Waals surface area contributed by atoms with E-state index in [2.05, 4.69) is 44.1 Å². The van der Waals surface area contributed by atoms with E-state index in [0.717, 1.165) is 43.4 Å². The first-order valence-corrected chi connectivity index (χ1v) is 16.3. The predicted molar refractivity (Wildman–Crippen MR) is 158 cm³/mol. The number of rotatable bonds is 5. The molecule has 2 heterocycles. The fourth-order valence-electron chi connectivity index (χ4n) is 10.4. The largest absolute Gasteiger partial charge is 0.393 e. The normalized spacial score (nSPS) is 39.4. The number of carbonyl (C=O) groups is 2. The van der Waals surface area contributed by atoms with Crippen LogP contribution in [0, 0.1) is 40.4 Å². The smallest absolute Gasteiger partial charge is 0.276 e. The highest BCUT2D eigenvalue weighted by Gasteiger charge is 2.59. The average molecular weight is 566 g/mol. The summed E-state index contributed by atoms with van der Waals surface area (Å²) < 4.78 is 1.54. The summed E-state index contributed by atoms with van der Waals surface area (Å²) in [5.74, 6) is 3.68. The number of hydrogen-bond acceptors (Lipinski definition) is 5. The van der Waals surface area contributed by atoms with Gasteiger partial charge in [-0.3, -0.25) is 14.3 Å². The zero-order valence-electron chi connectivity index (χ0n) is 25.9. The lowest BCUT2D eigenvalue weighted by molar-refractivity contribution is -0.135. The molecule has 1 aromatic heterocycles. The molecular weight excluding hydrogens is 514 g/mol. The Labute approximate surface area is 245 Å². The lowest BCUT2D eigenvalue weighted by Crippen LogP contribution is -2.55. The van der Waals surface area contributed by atoms with Gasteiger partial charge in [0.05, 0.1) is 12.3 Å². The maximum absolute atomic E-state index is 13.4. The van der Waals surface area contributed by atoms with Crippen molar-refractivity contribution in [2.45, 2.75) is 104 Å². The van der Waals surface area contributed by atoms with Crippen molar-refractivity contribution in [2.24, 2.45) is 47.5 Å². The Kier molecular flexibility index (Phi) is 7.61. The first-order valence-electron chi connectivity index (χ1n) is 16.3. The van der Waals surface area contributed by atoms with Crippen LogP contribution < -0.4 is 0 Å². The Hall–Kier alpha value is -2.22. The maximum Gasteiger partial charge on any atom is 0.276 e. The molecule has 1 N–H and O–H groups in total. The van der Waals surface area contributed by atoms with Crippen LogP contribution in [0.25, 0.3) is 0 Å². The molecule has 226 valence electrons. The lowest BCUT2D eigenvalue weighted by atomic mass is 9.47. The molecule has 9 atom stereocenters. The van der Waals surface area contributed by atoms with Crippen LogP contribution in [0.5, 0.6) is 0 Å². The number of aliphatic hydroxyl groups is 1. The molecule has 1 aromatic rings. The first kappa shape index (κ1) is 28.9. The van der Waals surface area contributed by atoms with E-state index in [0.29, 0.717) is 54.4 Å². The summed E-state index contributed by atoms with van der Waals surface area (Å²) in [6, 6.07) is 0.00217. The van der Waals surface area contributed by atoms with Crippen molar-refractivity contribution in [1.82, 2.24) is 24.8 Å². The van der Waals surface area contributed by atoms with Gasteiger partial charge in [-0.1, -0.05) is 37.6 Å². The number of aliphatic hydroxyl groups excluding tert-OH is 1. The lowest BCUT2D eigenvalue weighted by Gasteiger charge is -2.58. The minimum absolute atomic E-state index is 0.00217. The predicted octanol–water partition coefficient (Wildman–Crippen LogP) is 4.84. The summed E-state index contributed by atoms with van der Waals surface area (Å²) in [6.45, 7) is 11.2. The van der Waals surface area contributed by atoms with Crippen LogP contribution in [-0.4, -0.2) is 73.5 Å². The van der Waals surface area contributed by atoms with E-state index in [1.165, 1.54) is 32.1 Å². The van der Waals surface area contributed by atoms with Gasteiger partial charge < -0.3 is 14.9 Å². The van der Waals surface area contributed by atoms with Crippen molar-refractivity contribution in [2.75, 3.05) is 19.6 Å². The fraction of sp³-hybridized carbons (Fsp3) is 0.818. The third kappa shape index (κ3) is 4.96. The molecule has 1 aliphatic heterocycles. The Morgan fingerprint density at radius 2 is 1.93 bits per heavy atom. The molecule has 0 radical (unpaired) electrons. The molecule has 0 aromatic carbocycles. The van der Waals surface area contributed by atoms with Gasteiger partial charge in [0, 0.05) is 39.1 Å². The first-order chi connectivity index (χ1) is 19.5. The van der Waals surface area contributed by atoms with Gasteiger partial charge in [-0.25, -0.2) is 0 Å². The Balaban J connectivity index is 1.04. The van der Waals surface area contributed by atoms with Crippen LogP contribution in [0.4, 0.5) is 0 Å². The zero-order valence-corrected chi connectivity index (χ0v) is 25.9. The summed E-state index contributed by atoms with van der Waals surface area (Å²) in [4.78, 5) is 30.0. The fourth-order valence-corrected chi connectivity index (χ4v) is 10.4. The number of fused-ring (bicyclic) bond motifs is 5. The number of amides is 2. The van der Waals surface area contributed by atoms with Crippen molar-refractivity contribution in [3.05, 3.63) is 23.5 Å². The van der Waals surface area contributed by atoms with Gasteiger partial charge >= 0.3 is 0 Å². The topological polar surface area (TPSA) is 91.6 Å². The van der Waals surface area contributed by atoms with E-state index in [4.69, 9.17) is 0 Å². The van der Waals surface area contributed by atoms with E-state index >= 15 is 0 Å². The van der Waals surface area contributed by atoms with Gasteiger partial charge in [0.25, 0.3) is 5.91 Å². The highest BCUT2D eigenvalue weighted by molar-refractivity contribution is 5.92. The summed E-state index contributed by atoms with van der Waals surface area (Å²) in [7, 11) is 1.76. The maximum atomic E-state index is 13.4. The molecule has 8 nitrogen and oxygen atoms in total. The number of allylic oxidation sites excluding steroid dienone is 1. The van der Waals surface area contributed by atoms with Crippen LogP contribution >= 0.6 is 0 Å². The molecule has 8 heteroatoms. The number of aromatic nitrogens is 3. The van der Waals surface area contributed by atoms with Crippen molar-refractivity contribution >= 4 is 11.8 Å². The Morgan fingerprint density at radius 1 is 1.12 bits per heavy atom. The second-order valence-electron chi connectivity index (χ2n) is 14.9. The van der Waals surface area contributed by atoms with Crippen molar-refractivity contribution in [1.29, 1.82) is 0 Å². The SMILES string of the molecule is CC(CCC(=O)N1CCN(C(=O)c2cn(C)nn2)C[C@@H]1C)[C@H]1CC[C@H]2[C@@H]3CC=C4C[C@@H](O)CC[C@]4(C)[C@H]3CC[C@]12C. The van der Waals surface area contributed by atoms with Gasteiger partial charge in [-0.05, 0) is 105 Å². The molecule has 2 amide bonds. The standard InChI is InChI=1S/C33H51N5O3/c1-21(6-11-30(40)38-17-16-37(19-22(38)2)31(41)29-20-36(5)35-34-29)26-9-10-27-25-8-7-23-18-24(39)12-14-32(23,3)28(25)13-15-33(26,27)4/h7,20-22,24-28,39H,6,8-19H2,1-5H3/t21?,22-,24-,25-,26+,27-,28-,32-,33+/m0/s1. The third-order valence-corrected chi connectivity index (χ3v) is 12.7. The molecule has 5 aliphatic rings. The van der Waals surface area contributed by atoms with Crippen molar-refractivity contribution in [3.63, 3.8) is 0 Å². The van der Waals surface area contributed by atoms with Gasteiger partial charge in [0.2, 0.25) is 5.91 Å². The molecule has 0 bridgehead atoms. The Bertz CT molecular complexity index is 1200. The third-order valence-electron chi connectivity index (χ3n) is 12.7. The summed E-state index contributed by atoms with van der Waals surface area (Å²) in [5, 5.41) is 18.2. The van der Waals surface area contributed by atoms with Crippen molar-refractivity contribution < 1.29 is 14.7 Å². The molecule has 6 rings (SSSR count). The van der Waals surface area contributed by atoms with E-state index in [1.54, 1.807) is 28.4 Å². The molecule has 41 heavy (non-hydrogen) atoms. The number of aryl methyl sites for hydroxylation is 1. The number of hydrogen-bond donors (Lipinski definition) is 1. The van der Waals surface area contributed by atoms with Crippen LogP contribution in [-0.2, 0) is 11.8 Å². The van der Waals surface area contributed by atoms with Gasteiger partial charge in [-0.15, -0.1) is 5.10 Å². The molecule has 0 spiro atoms. The number of carbonyl (C=O) groups excluding carboxylic acids is 2. The summed E-state index contributed by atoms with van der Waals surface area (Å²) in [6.07, 6.45) is 15.0. The number of nitrogens with zero attached hydrogens (tertiary/aromatic N) is 5. The van der Waals surface area contributed by atoms with Crippen molar-refractivity contribution in [3.8, 4) is 0 Å². The minimum Gasteiger partial charge on any atom is -0.393 e. The van der Waals surface area contributed by atoms with Crippen LogP contribution in [0.1, 0.15) is 102 Å². The molecule has 1 saturated heterocycles. The van der Waals surface area contributed by atoms with E-state index < -0.39 is 0 Å². The van der Waals surface area contributed by atoms with Gasteiger partial charge in [0.1, 0.15) is 0 Å². The van der Waals surface area contributed by atoms with Gasteiger partial charge in [-0.2, -0.15) is 0 Å². The second-order valence-corrected chi connectivity index (χ2v) is 14.9. The highest BCUT2D eigenvalue weighted by Crippen LogP contribution is 2.67. The minimum atomic E-state index is -0.141. The second kappa shape index (κ2) is 10.8. The molecule has 4 aliphatic carbocycles. The van der Waals surface area contributed by atoms with Crippen LogP contribution in [0.3, 0.4) is 0 Å². The Morgan fingerprint density at radius 3 is 2.66 bits per heavy atom.